The maximum absolute atomic E-state index is 10.6. The molecule has 0 heterocycles. The molecule has 9 nitrogen and oxygen atoms in total. The molecule has 0 N–H and O–H groups in total. The largest absolute Gasteiger partial charge is 0.264 e. The van der Waals surface area contributed by atoms with Crippen LogP contribution in [-0.2, 0) is 0 Å². The first-order chi connectivity index (χ1) is 7.25. The van der Waals surface area contributed by atoms with E-state index in [4.69, 9.17) is 0 Å². The summed E-state index contributed by atoms with van der Waals surface area (Å²) in [4.78, 5) is 29.3. The highest BCUT2D eigenvalue weighted by Gasteiger charge is 2.33. The van der Waals surface area contributed by atoms with Gasteiger partial charge < -0.3 is 0 Å². The van der Waals surface area contributed by atoms with E-state index in [9.17, 15) is 30.3 Å². The Morgan fingerprint density at radius 1 is 0.812 bits per heavy atom. The average Bonchev–Trinajstić information content (AvgIpc) is 2.15. The van der Waals surface area contributed by atoms with Crippen LogP contribution < -0.4 is 0 Å². The maximum atomic E-state index is 10.6. The van der Waals surface area contributed by atoms with Crippen LogP contribution in [-0.4, -0.2) is 32.9 Å². The Morgan fingerprint density at radius 3 is 1.31 bits per heavy atom. The normalized spacial score (nSPS) is 16.1. The Morgan fingerprint density at radius 2 is 1.12 bits per heavy atom. The lowest BCUT2D eigenvalue weighted by atomic mass is 10.0. The lowest BCUT2D eigenvalue weighted by molar-refractivity contribution is -0.574. The van der Waals surface area contributed by atoms with Crippen molar-refractivity contribution >= 4 is 0 Å². The van der Waals surface area contributed by atoms with Crippen LogP contribution in [0.25, 0.3) is 0 Å². The second kappa shape index (κ2) is 5.93. The molecule has 0 aromatic heterocycles. The van der Waals surface area contributed by atoms with E-state index in [1.165, 1.54) is 13.8 Å². The summed E-state index contributed by atoms with van der Waals surface area (Å²) in [5.41, 5.74) is 0. The fourth-order valence-electron chi connectivity index (χ4n) is 1.23. The van der Waals surface area contributed by atoms with Gasteiger partial charge in [0.2, 0.25) is 18.1 Å². The molecule has 0 radical (unpaired) electrons. The van der Waals surface area contributed by atoms with Crippen LogP contribution in [0.2, 0.25) is 0 Å². The highest BCUT2D eigenvalue weighted by molar-refractivity contribution is 4.65. The van der Waals surface area contributed by atoms with Crippen molar-refractivity contribution in [1.82, 2.24) is 0 Å². The SMILES string of the molecule is CC(CC(CC(C)[N+](=O)[O-])[N+](=O)[O-])[N+](=O)[O-]. The van der Waals surface area contributed by atoms with Crippen molar-refractivity contribution in [2.75, 3.05) is 0 Å². The summed E-state index contributed by atoms with van der Waals surface area (Å²) in [6.45, 7) is 2.49. The van der Waals surface area contributed by atoms with Crippen LogP contribution in [0.1, 0.15) is 26.7 Å². The van der Waals surface area contributed by atoms with Gasteiger partial charge in [-0.15, -0.1) is 0 Å². The third-order valence-electron chi connectivity index (χ3n) is 2.24. The zero-order chi connectivity index (χ0) is 12.9. The van der Waals surface area contributed by atoms with Crippen LogP contribution in [0.15, 0.2) is 0 Å². The van der Waals surface area contributed by atoms with Gasteiger partial charge in [-0.3, -0.25) is 30.3 Å². The van der Waals surface area contributed by atoms with Gasteiger partial charge in [-0.25, -0.2) is 0 Å². The van der Waals surface area contributed by atoms with Crippen LogP contribution in [0.5, 0.6) is 0 Å². The maximum Gasteiger partial charge on any atom is 0.226 e. The first-order valence-electron chi connectivity index (χ1n) is 4.66. The molecule has 0 aliphatic carbocycles. The van der Waals surface area contributed by atoms with Gasteiger partial charge in [-0.05, 0) is 0 Å². The number of hydrogen-bond donors (Lipinski definition) is 0. The summed E-state index contributed by atoms with van der Waals surface area (Å²) in [5, 5.41) is 31.2. The molecule has 0 fully saturated rings. The number of hydrogen-bond acceptors (Lipinski definition) is 6. The zero-order valence-electron chi connectivity index (χ0n) is 8.94. The summed E-state index contributed by atoms with van der Waals surface area (Å²) in [6.07, 6.45) is -0.587. The van der Waals surface area contributed by atoms with Crippen molar-refractivity contribution in [2.24, 2.45) is 0 Å². The molecule has 0 saturated carbocycles. The van der Waals surface area contributed by atoms with Gasteiger partial charge in [-0.1, -0.05) is 0 Å². The van der Waals surface area contributed by atoms with Crippen LogP contribution in [0, 0.1) is 30.3 Å². The molecule has 0 spiro atoms. The quantitative estimate of drug-likeness (QED) is 0.472. The molecule has 0 saturated heterocycles. The molecule has 0 bridgehead atoms. The molecule has 2 atom stereocenters. The molecular formula is C7H13N3O6. The van der Waals surface area contributed by atoms with Gasteiger partial charge in [0.15, 0.2) is 0 Å². The molecule has 0 aromatic carbocycles. The monoisotopic (exact) mass is 235 g/mol. The Hall–Kier alpha value is -1.80. The minimum Gasteiger partial charge on any atom is -0.264 e. The van der Waals surface area contributed by atoms with E-state index in [1.54, 1.807) is 0 Å². The smallest absolute Gasteiger partial charge is 0.226 e. The van der Waals surface area contributed by atoms with E-state index in [1.807, 2.05) is 0 Å². The Labute approximate surface area is 90.9 Å². The van der Waals surface area contributed by atoms with Crippen LogP contribution in [0.3, 0.4) is 0 Å². The van der Waals surface area contributed by atoms with Gasteiger partial charge in [0.1, 0.15) is 0 Å². The standard InChI is InChI=1S/C7H13N3O6/c1-5(8(11)12)3-7(10(15)16)4-6(2)9(13)14/h5-7H,3-4H2,1-2H3. The van der Waals surface area contributed by atoms with Crippen molar-refractivity contribution in [3.05, 3.63) is 30.3 Å². The van der Waals surface area contributed by atoms with E-state index in [-0.39, 0.29) is 12.8 Å². The summed E-state index contributed by atoms with van der Waals surface area (Å²) in [7, 11) is 0. The van der Waals surface area contributed by atoms with E-state index in [2.05, 4.69) is 0 Å². The fraction of sp³-hybridized carbons (Fsp3) is 1.00. The van der Waals surface area contributed by atoms with Crippen molar-refractivity contribution in [2.45, 2.75) is 44.8 Å². The first-order valence-corrected chi connectivity index (χ1v) is 4.66. The van der Waals surface area contributed by atoms with Gasteiger partial charge >= 0.3 is 0 Å². The average molecular weight is 235 g/mol. The predicted molar refractivity (Wildman–Crippen MR) is 52.9 cm³/mol. The topological polar surface area (TPSA) is 129 Å². The molecule has 9 heteroatoms. The minimum atomic E-state index is -1.25. The number of nitro groups is 3. The third-order valence-corrected chi connectivity index (χ3v) is 2.24. The molecule has 0 aliphatic heterocycles. The zero-order valence-corrected chi connectivity index (χ0v) is 8.94. The van der Waals surface area contributed by atoms with E-state index >= 15 is 0 Å². The molecular weight excluding hydrogens is 222 g/mol. The van der Waals surface area contributed by atoms with Gasteiger partial charge in [0, 0.05) is 28.6 Å². The first kappa shape index (κ1) is 14.2. The van der Waals surface area contributed by atoms with Crippen LogP contribution >= 0.6 is 0 Å². The van der Waals surface area contributed by atoms with Crippen LogP contribution in [0.4, 0.5) is 0 Å². The number of rotatable bonds is 7. The molecule has 0 aliphatic rings. The molecule has 2 unspecified atom stereocenters. The molecule has 0 rings (SSSR count). The molecule has 0 aromatic rings. The number of nitrogens with zero attached hydrogens (tertiary/aromatic N) is 3. The summed E-state index contributed by atoms with van der Waals surface area (Å²) >= 11 is 0. The summed E-state index contributed by atoms with van der Waals surface area (Å²) < 4.78 is 0. The highest BCUT2D eigenvalue weighted by Crippen LogP contribution is 2.12. The summed E-state index contributed by atoms with van der Waals surface area (Å²) in [5.74, 6) is 0. The van der Waals surface area contributed by atoms with Crippen molar-refractivity contribution in [3.63, 3.8) is 0 Å². The van der Waals surface area contributed by atoms with E-state index in [0.717, 1.165) is 0 Å². The molecule has 92 valence electrons. The van der Waals surface area contributed by atoms with Gasteiger partial charge in [-0.2, -0.15) is 0 Å². The Bertz CT molecular complexity index is 272. The van der Waals surface area contributed by atoms with Gasteiger partial charge in [0.05, 0.1) is 12.8 Å². The Balaban J connectivity index is 4.45. The lowest BCUT2D eigenvalue weighted by Crippen LogP contribution is -2.33. The molecule has 16 heavy (non-hydrogen) atoms. The second-order valence-corrected chi connectivity index (χ2v) is 3.68. The van der Waals surface area contributed by atoms with E-state index < -0.39 is 32.9 Å². The van der Waals surface area contributed by atoms with Crippen molar-refractivity contribution < 1.29 is 14.8 Å². The van der Waals surface area contributed by atoms with Crippen molar-refractivity contribution in [3.8, 4) is 0 Å². The predicted octanol–water partition coefficient (Wildman–Crippen LogP) is 0.742. The van der Waals surface area contributed by atoms with Gasteiger partial charge in [0.25, 0.3) is 0 Å². The van der Waals surface area contributed by atoms with Crippen molar-refractivity contribution in [1.29, 1.82) is 0 Å². The third kappa shape index (κ3) is 4.62. The summed E-state index contributed by atoms with van der Waals surface area (Å²) in [6, 6.07) is -3.40. The second-order valence-electron chi connectivity index (χ2n) is 3.68. The Kier molecular flexibility index (Phi) is 5.26. The van der Waals surface area contributed by atoms with E-state index in [0.29, 0.717) is 0 Å². The fourth-order valence-corrected chi connectivity index (χ4v) is 1.23. The minimum absolute atomic E-state index is 0.293. The molecule has 0 amide bonds. The highest BCUT2D eigenvalue weighted by atomic mass is 16.6. The lowest BCUT2D eigenvalue weighted by Gasteiger charge is -2.11.